The molecule has 1 aromatic heterocycles. The third-order valence-corrected chi connectivity index (χ3v) is 4.93. The highest BCUT2D eigenvalue weighted by molar-refractivity contribution is 5.77. The van der Waals surface area contributed by atoms with Crippen LogP contribution in [0, 0.1) is 17.5 Å². The lowest BCUT2D eigenvalue weighted by molar-refractivity contribution is -0.121. The van der Waals surface area contributed by atoms with E-state index in [1.165, 1.54) is 30.3 Å². The highest BCUT2D eigenvalue weighted by atomic mass is 19.1. The molecule has 8 heteroatoms. The number of H-pyrrole nitrogens is 1. The minimum absolute atomic E-state index is 0.0179. The first-order valence-corrected chi connectivity index (χ1v) is 10.1. The number of hydrogen-bond acceptors (Lipinski definition) is 3. The van der Waals surface area contributed by atoms with Gasteiger partial charge in [-0.25, -0.2) is 13.2 Å². The van der Waals surface area contributed by atoms with Crippen molar-refractivity contribution in [3.8, 4) is 11.3 Å². The normalized spacial score (nSPS) is 11.1. The standard InChI is InChI=1S/C23H25F3N4O/c1-30(15-23(31)27-12-11-19-20(25)5-2-6-21(19)26)13-3-4-18-14-22(29-28-18)16-7-9-17(24)10-8-16/h2,5-10,14H,3-4,11-13,15H2,1H3,(H,27,31)(H,28,29). The topological polar surface area (TPSA) is 61.0 Å². The molecular formula is C23H25F3N4O. The molecule has 2 N–H and O–H groups in total. The average molecular weight is 430 g/mol. The maximum Gasteiger partial charge on any atom is 0.234 e. The second-order valence-corrected chi connectivity index (χ2v) is 7.43. The highest BCUT2D eigenvalue weighted by Gasteiger charge is 2.11. The van der Waals surface area contributed by atoms with Crippen molar-refractivity contribution in [2.75, 3.05) is 26.7 Å². The van der Waals surface area contributed by atoms with E-state index in [1.807, 2.05) is 18.0 Å². The summed E-state index contributed by atoms with van der Waals surface area (Å²) < 4.78 is 40.2. The Morgan fingerprint density at radius 1 is 1.06 bits per heavy atom. The van der Waals surface area contributed by atoms with Crippen LogP contribution in [0.2, 0.25) is 0 Å². The summed E-state index contributed by atoms with van der Waals surface area (Å²) in [6.45, 7) is 1.06. The summed E-state index contributed by atoms with van der Waals surface area (Å²) in [6, 6.07) is 11.8. The van der Waals surface area contributed by atoms with Crippen LogP contribution in [0.5, 0.6) is 0 Å². The van der Waals surface area contributed by atoms with Gasteiger partial charge in [-0.15, -0.1) is 0 Å². The van der Waals surface area contributed by atoms with Crippen LogP contribution in [0.15, 0.2) is 48.5 Å². The largest absolute Gasteiger partial charge is 0.355 e. The predicted octanol–water partition coefficient (Wildman–Crippen LogP) is 3.72. The van der Waals surface area contributed by atoms with Crippen LogP contribution in [0.3, 0.4) is 0 Å². The predicted molar refractivity (Wildman–Crippen MR) is 113 cm³/mol. The molecule has 0 saturated carbocycles. The number of rotatable bonds is 10. The molecule has 0 aliphatic rings. The van der Waals surface area contributed by atoms with Gasteiger partial charge in [0.15, 0.2) is 0 Å². The van der Waals surface area contributed by atoms with Gasteiger partial charge in [-0.05, 0) is 75.3 Å². The number of amides is 1. The second-order valence-electron chi connectivity index (χ2n) is 7.43. The van der Waals surface area contributed by atoms with E-state index in [9.17, 15) is 18.0 Å². The number of benzene rings is 2. The van der Waals surface area contributed by atoms with Gasteiger partial charge in [0, 0.05) is 23.4 Å². The number of hydrogen-bond donors (Lipinski definition) is 2. The van der Waals surface area contributed by atoms with Crippen molar-refractivity contribution in [1.82, 2.24) is 20.4 Å². The monoisotopic (exact) mass is 430 g/mol. The lowest BCUT2D eigenvalue weighted by Crippen LogP contribution is -2.36. The molecule has 0 unspecified atom stereocenters. The zero-order valence-corrected chi connectivity index (χ0v) is 17.3. The Morgan fingerprint density at radius 2 is 1.77 bits per heavy atom. The Morgan fingerprint density at radius 3 is 2.48 bits per heavy atom. The maximum atomic E-state index is 13.6. The molecule has 1 amide bonds. The van der Waals surface area contributed by atoms with Crippen LogP contribution < -0.4 is 5.32 Å². The molecule has 2 aromatic carbocycles. The number of nitrogens with one attached hydrogen (secondary N) is 2. The highest BCUT2D eigenvalue weighted by Crippen LogP contribution is 2.18. The number of aromatic nitrogens is 2. The van der Waals surface area contributed by atoms with E-state index in [0.717, 1.165) is 29.8 Å². The van der Waals surface area contributed by atoms with Gasteiger partial charge in [-0.3, -0.25) is 14.8 Å². The Labute approximate surface area is 179 Å². The molecule has 3 rings (SSSR count). The summed E-state index contributed by atoms with van der Waals surface area (Å²) >= 11 is 0. The maximum absolute atomic E-state index is 13.6. The van der Waals surface area contributed by atoms with E-state index in [-0.39, 0.29) is 36.8 Å². The Bertz CT molecular complexity index is 984. The quantitative estimate of drug-likeness (QED) is 0.516. The van der Waals surface area contributed by atoms with Gasteiger partial charge in [0.05, 0.1) is 12.2 Å². The van der Waals surface area contributed by atoms with E-state index in [2.05, 4.69) is 15.5 Å². The molecule has 164 valence electrons. The molecule has 0 bridgehead atoms. The zero-order chi connectivity index (χ0) is 22.2. The van der Waals surface area contributed by atoms with Crippen molar-refractivity contribution in [1.29, 1.82) is 0 Å². The Balaban J connectivity index is 1.36. The number of aromatic amines is 1. The lowest BCUT2D eigenvalue weighted by Gasteiger charge is -2.16. The summed E-state index contributed by atoms with van der Waals surface area (Å²) in [6.07, 6.45) is 1.67. The molecular weight excluding hydrogens is 405 g/mol. The Kier molecular flexibility index (Phi) is 7.83. The van der Waals surface area contributed by atoms with Gasteiger partial charge in [-0.2, -0.15) is 5.10 Å². The summed E-state index contributed by atoms with van der Waals surface area (Å²) in [5, 5.41) is 9.93. The minimum Gasteiger partial charge on any atom is -0.355 e. The number of aryl methyl sites for hydroxylation is 1. The molecule has 0 saturated heterocycles. The van der Waals surface area contributed by atoms with Crippen LogP contribution in [0.25, 0.3) is 11.3 Å². The first-order valence-electron chi connectivity index (χ1n) is 10.1. The molecule has 0 spiro atoms. The molecule has 0 aliphatic carbocycles. The van der Waals surface area contributed by atoms with Gasteiger partial charge in [0.25, 0.3) is 0 Å². The Hall–Kier alpha value is -3.13. The lowest BCUT2D eigenvalue weighted by atomic mass is 10.1. The van der Waals surface area contributed by atoms with E-state index < -0.39 is 11.6 Å². The van der Waals surface area contributed by atoms with Crippen molar-refractivity contribution in [2.45, 2.75) is 19.3 Å². The van der Waals surface area contributed by atoms with E-state index in [4.69, 9.17) is 0 Å². The van der Waals surface area contributed by atoms with Gasteiger partial charge in [0.2, 0.25) is 5.91 Å². The molecule has 0 radical (unpaired) electrons. The summed E-state index contributed by atoms with van der Waals surface area (Å²) in [4.78, 5) is 13.9. The summed E-state index contributed by atoms with van der Waals surface area (Å²) in [7, 11) is 1.84. The smallest absolute Gasteiger partial charge is 0.234 e. The van der Waals surface area contributed by atoms with Gasteiger partial charge in [0.1, 0.15) is 17.5 Å². The van der Waals surface area contributed by atoms with Crippen molar-refractivity contribution >= 4 is 5.91 Å². The first kappa shape index (κ1) is 22.6. The molecule has 3 aromatic rings. The summed E-state index contributed by atoms with van der Waals surface area (Å²) in [5.41, 5.74) is 2.54. The second kappa shape index (κ2) is 10.8. The number of nitrogens with zero attached hydrogens (tertiary/aromatic N) is 2. The van der Waals surface area contributed by atoms with E-state index >= 15 is 0 Å². The van der Waals surface area contributed by atoms with Crippen LogP contribution in [0.1, 0.15) is 17.7 Å². The molecule has 0 atom stereocenters. The number of likely N-dealkylation sites (N-methyl/N-ethyl adjacent to an activating group) is 1. The van der Waals surface area contributed by atoms with Gasteiger partial charge < -0.3 is 5.32 Å². The van der Waals surface area contributed by atoms with Gasteiger partial charge in [-0.1, -0.05) is 6.07 Å². The van der Waals surface area contributed by atoms with E-state index in [0.29, 0.717) is 6.54 Å². The SMILES string of the molecule is CN(CCCc1cc(-c2ccc(F)cc2)n[nH]1)CC(=O)NCCc1c(F)cccc1F. The third-order valence-electron chi connectivity index (χ3n) is 4.93. The fourth-order valence-corrected chi connectivity index (χ4v) is 3.28. The van der Waals surface area contributed by atoms with Crippen molar-refractivity contribution < 1.29 is 18.0 Å². The number of carbonyl (C=O) groups is 1. The fraction of sp³-hybridized carbons (Fsp3) is 0.304. The van der Waals surface area contributed by atoms with Crippen molar-refractivity contribution in [3.05, 3.63) is 77.2 Å². The zero-order valence-electron chi connectivity index (χ0n) is 17.3. The third kappa shape index (κ3) is 6.68. The van der Waals surface area contributed by atoms with Crippen LogP contribution in [-0.4, -0.2) is 47.7 Å². The molecule has 0 aliphatic heterocycles. The number of carbonyl (C=O) groups excluding carboxylic acids is 1. The molecule has 31 heavy (non-hydrogen) atoms. The first-order chi connectivity index (χ1) is 14.9. The molecule has 1 heterocycles. The molecule has 5 nitrogen and oxygen atoms in total. The average Bonchev–Trinajstić information content (AvgIpc) is 3.19. The van der Waals surface area contributed by atoms with Crippen molar-refractivity contribution in [2.24, 2.45) is 0 Å². The number of halogens is 3. The minimum atomic E-state index is -0.604. The van der Waals surface area contributed by atoms with Crippen LogP contribution >= 0.6 is 0 Å². The van der Waals surface area contributed by atoms with E-state index in [1.54, 1.807) is 12.1 Å². The van der Waals surface area contributed by atoms with Crippen LogP contribution in [0.4, 0.5) is 13.2 Å². The van der Waals surface area contributed by atoms with Crippen molar-refractivity contribution in [3.63, 3.8) is 0 Å². The van der Waals surface area contributed by atoms with Gasteiger partial charge >= 0.3 is 0 Å². The molecule has 0 fully saturated rings. The van der Waals surface area contributed by atoms with Crippen LogP contribution in [-0.2, 0) is 17.6 Å². The fourth-order valence-electron chi connectivity index (χ4n) is 3.28. The summed E-state index contributed by atoms with van der Waals surface area (Å²) in [5.74, 6) is -1.69.